The first kappa shape index (κ1) is 14.3. The second-order valence-corrected chi connectivity index (χ2v) is 6.35. The van der Waals surface area contributed by atoms with E-state index in [1.807, 2.05) is 0 Å². The molecule has 1 aliphatic carbocycles. The molecular formula is C16H32N2. The first-order valence-corrected chi connectivity index (χ1v) is 8.37. The molecule has 0 aromatic rings. The van der Waals surface area contributed by atoms with Crippen molar-refractivity contribution in [2.45, 2.75) is 83.2 Å². The van der Waals surface area contributed by atoms with Crippen LogP contribution in [-0.4, -0.2) is 36.6 Å². The van der Waals surface area contributed by atoms with Gasteiger partial charge in [0.15, 0.2) is 0 Å². The van der Waals surface area contributed by atoms with Crippen LogP contribution in [0.2, 0.25) is 0 Å². The molecule has 1 saturated heterocycles. The van der Waals surface area contributed by atoms with E-state index in [9.17, 15) is 0 Å². The summed E-state index contributed by atoms with van der Waals surface area (Å²) in [6, 6.07) is 1.68. The number of nitrogens with one attached hydrogen (secondary N) is 1. The zero-order valence-corrected chi connectivity index (χ0v) is 12.3. The normalized spacial score (nSPS) is 25.5. The summed E-state index contributed by atoms with van der Waals surface area (Å²) in [4.78, 5) is 2.70. The van der Waals surface area contributed by atoms with Crippen LogP contribution in [0.4, 0.5) is 0 Å². The summed E-state index contributed by atoms with van der Waals surface area (Å²) in [5.74, 6) is 0. The van der Waals surface area contributed by atoms with Crippen LogP contribution in [0.5, 0.6) is 0 Å². The van der Waals surface area contributed by atoms with Crippen molar-refractivity contribution in [1.82, 2.24) is 10.2 Å². The van der Waals surface area contributed by atoms with E-state index in [2.05, 4.69) is 17.1 Å². The topological polar surface area (TPSA) is 15.3 Å². The molecule has 0 radical (unpaired) electrons. The highest BCUT2D eigenvalue weighted by molar-refractivity contribution is 4.87. The van der Waals surface area contributed by atoms with Crippen molar-refractivity contribution >= 4 is 0 Å². The quantitative estimate of drug-likeness (QED) is 0.631. The molecule has 2 heteroatoms. The summed E-state index contributed by atoms with van der Waals surface area (Å²) in [5, 5.41) is 3.80. The van der Waals surface area contributed by atoms with Crippen molar-refractivity contribution in [3.05, 3.63) is 0 Å². The van der Waals surface area contributed by atoms with Crippen molar-refractivity contribution in [2.24, 2.45) is 0 Å². The highest BCUT2D eigenvalue weighted by atomic mass is 15.2. The van der Waals surface area contributed by atoms with E-state index in [-0.39, 0.29) is 0 Å². The molecular weight excluding hydrogens is 220 g/mol. The number of hydrogen-bond acceptors (Lipinski definition) is 2. The number of likely N-dealkylation sites (tertiary alicyclic amines) is 1. The molecule has 2 fully saturated rings. The maximum atomic E-state index is 3.80. The first-order valence-electron chi connectivity index (χ1n) is 8.37. The van der Waals surface area contributed by atoms with Gasteiger partial charge in [-0.15, -0.1) is 0 Å². The van der Waals surface area contributed by atoms with Crippen LogP contribution in [0, 0.1) is 0 Å². The number of nitrogens with zero attached hydrogens (tertiary/aromatic N) is 1. The van der Waals surface area contributed by atoms with E-state index in [1.54, 1.807) is 0 Å². The number of rotatable bonds is 9. The lowest BCUT2D eigenvalue weighted by atomic mass is 10.0. The minimum Gasteiger partial charge on any atom is -0.310 e. The smallest absolute Gasteiger partial charge is 0.0198 e. The fraction of sp³-hybridized carbons (Fsp3) is 1.00. The lowest BCUT2D eigenvalue weighted by molar-refractivity contribution is 0.186. The largest absolute Gasteiger partial charge is 0.310 e. The first-order chi connectivity index (χ1) is 8.88. The summed E-state index contributed by atoms with van der Waals surface area (Å²) >= 11 is 0. The van der Waals surface area contributed by atoms with Crippen LogP contribution in [0.25, 0.3) is 0 Å². The van der Waals surface area contributed by atoms with E-state index >= 15 is 0 Å². The Morgan fingerprint density at radius 3 is 2.50 bits per heavy atom. The molecule has 1 aliphatic heterocycles. The van der Waals surface area contributed by atoms with Gasteiger partial charge in [0.1, 0.15) is 0 Å². The van der Waals surface area contributed by atoms with Gasteiger partial charge in [-0.3, -0.25) is 0 Å². The maximum Gasteiger partial charge on any atom is 0.0198 e. The summed E-state index contributed by atoms with van der Waals surface area (Å²) in [7, 11) is 0. The minimum absolute atomic E-state index is 0.798. The Morgan fingerprint density at radius 2 is 1.72 bits per heavy atom. The van der Waals surface area contributed by atoms with Gasteiger partial charge in [-0.05, 0) is 45.2 Å². The fourth-order valence-corrected chi connectivity index (χ4v) is 3.09. The molecule has 18 heavy (non-hydrogen) atoms. The summed E-state index contributed by atoms with van der Waals surface area (Å²) < 4.78 is 0. The van der Waals surface area contributed by atoms with Gasteiger partial charge in [0.25, 0.3) is 0 Å². The van der Waals surface area contributed by atoms with E-state index in [1.165, 1.54) is 83.8 Å². The zero-order valence-electron chi connectivity index (χ0n) is 12.3. The molecule has 106 valence electrons. The van der Waals surface area contributed by atoms with Crippen LogP contribution >= 0.6 is 0 Å². The van der Waals surface area contributed by atoms with Crippen LogP contribution in [-0.2, 0) is 0 Å². The number of unbranched alkanes of at least 4 members (excludes halogenated alkanes) is 5. The molecule has 0 aromatic carbocycles. The standard InChI is InChI=1S/C16H32N2/c1-2-3-4-5-6-7-12-18-13-8-9-16(14-18)17-15-10-11-15/h15-17H,2-14H2,1H3. The summed E-state index contributed by atoms with van der Waals surface area (Å²) in [5.41, 5.74) is 0. The monoisotopic (exact) mass is 252 g/mol. The molecule has 2 rings (SSSR count). The van der Waals surface area contributed by atoms with Crippen molar-refractivity contribution < 1.29 is 0 Å². The Balaban J connectivity index is 1.49. The van der Waals surface area contributed by atoms with Gasteiger partial charge in [0.05, 0.1) is 0 Å². The Bertz CT molecular complexity index is 213. The average Bonchev–Trinajstić information content (AvgIpc) is 3.18. The summed E-state index contributed by atoms with van der Waals surface area (Å²) in [6.45, 7) is 6.29. The lowest BCUT2D eigenvalue weighted by Crippen LogP contribution is -2.46. The van der Waals surface area contributed by atoms with Gasteiger partial charge in [0.2, 0.25) is 0 Å². The molecule has 1 N–H and O–H groups in total. The maximum absolute atomic E-state index is 3.80. The molecule has 2 aliphatic rings. The average molecular weight is 252 g/mol. The van der Waals surface area contributed by atoms with Crippen LogP contribution in [0.3, 0.4) is 0 Å². The minimum atomic E-state index is 0.798. The second-order valence-electron chi connectivity index (χ2n) is 6.35. The molecule has 1 heterocycles. The van der Waals surface area contributed by atoms with Crippen molar-refractivity contribution in [3.8, 4) is 0 Å². The molecule has 1 saturated carbocycles. The van der Waals surface area contributed by atoms with Crippen molar-refractivity contribution in [1.29, 1.82) is 0 Å². The van der Waals surface area contributed by atoms with Crippen LogP contribution in [0.15, 0.2) is 0 Å². The molecule has 0 bridgehead atoms. The molecule has 0 spiro atoms. The Labute approximate surface area is 114 Å². The van der Waals surface area contributed by atoms with Crippen molar-refractivity contribution in [2.75, 3.05) is 19.6 Å². The Kier molecular flexibility index (Phi) is 6.50. The van der Waals surface area contributed by atoms with Crippen molar-refractivity contribution in [3.63, 3.8) is 0 Å². The SMILES string of the molecule is CCCCCCCCN1CCCC(NC2CC2)C1. The molecule has 1 unspecified atom stereocenters. The van der Waals surface area contributed by atoms with E-state index < -0.39 is 0 Å². The Morgan fingerprint density at radius 1 is 0.944 bits per heavy atom. The van der Waals surface area contributed by atoms with Gasteiger partial charge in [0, 0.05) is 18.6 Å². The summed E-state index contributed by atoms with van der Waals surface area (Å²) in [6.07, 6.45) is 14.2. The van der Waals surface area contributed by atoms with E-state index in [4.69, 9.17) is 0 Å². The number of hydrogen-bond donors (Lipinski definition) is 1. The highest BCUT2D eigenvalue weighted by Gasteiger charge is 2.27. The van der Waals surface area contributed by atoms with Gasteiger partial charge in [-0.1, -0.05) is 39.0 Å². The second kappa shape index (κ2) is 8.16. The third-order valence-electron chi connectivity index (χ3n) is 4.38. The molecule has 1 atom stereocenters. The predicted octanol–water partition coefficient (Wildman–Crippen LogP) is 3.56. The zero-order chi connectivity index (χ0) is 12.6. The van der Waals surface area contributed by atoms with Crippen LogP contribution in [0.1, 0.15) is 71.1 Å². The number of piperidine rings is 1. The van der Waals surface area contributed by atoms with Gasteiger partial charge >= 0.3 is 0 Å². The Hall–Kier alpha value is -0.0800. The third-order valence-corrected chi connectivity index (χ3v) is 4.38. The van der Waals surface area contributed by atoms with Gasteiger partial charge < -0.3 is 10.2 Å². The predicted molar refractivity (Wildman–Crippen MR) is 79.0 cm³/mol. The van der Waals surface area contributed by atoms with E-state index in [0.29, 0.717) is 0 Å². The molecule has 0 amide bonds. The van der Waals surface area contributed by atoms with E-state index in [0.717, 1.165) is 12.1 Å². The van der Waals surface area contributed by atoms with Crippen LogP contribution < -0.4 is 5.32 Å². The third kappa shape index (κ3) is 5.71. The van der Waals surface area contributed by atoms with Gasteiger partial charge in [-0.2, -0.15) is 0 Å². The fourth-order valence-electron chi connectivity index (χ4n) is 3.09. The highest BCUT2D eigenvalue weighted by Crippen LogP contribution is 2.22. The molecule has 2 nitrogen and oxygen atoms in total. The molecule has 0 aromatic heterocycles. The van der Waals surface area contributed by atoms with Gasteiger partial charge in [-0.25, -0.2) is 0 Å². The lowest BCUT2D eigenvalue weighted by Gasteiger charge is -2.33.